The van der Waals surface area contributed by atoms with Crippen LogP contribution >= 0.6 is 11.6 Å². The highest BCUT2D eigenvalue weighted by Crippen LogP contribution is 2.36. The van der Waals surface area contributed by atoms with E-state index in [9.17, 15) is 0 Å². The molecule has 0 aromatic heterocycles. The van der Waals surface area contributed by atoms with Crippen LogP contribution in [-0.4, -0.2) is 18.1 Å². The number of halogens is 1. The first kappa shape index (κ1) is 16.6. The Balaban J connectivity index is 2.10. The molecule has 21 heavy (non-hydrogen) atoms. The molecule has 0 aliphatic heterocycles. The Morgan fingerprint density at radius 2 is 1.95 bits per heavy atom. The zero-order valence-electron chi connectivity index (χ0n) is 14.0. The Hall–Kier alpha value is -0.730. The molecule has 0 radical (unpaired) electrons. The fourth-order valence-electron chi connectivity index (χ4n) is 2.48. The Bertz CT molecular complexity index is 473. The third kappa shape index (κ3) is 5.19. The minimum absolute atomic E-state index is 0.128. The molecule has 2 rings (SSSR count). The van der Waals surface area contributed by atoms with Crippen LogP contribution in [0.4, 0.5) is 5.69 Å². The van der Waals surface area contributed by atoms with E-state index in [1.807, 2.05) is 0 Å². The van der Waals surface area contributed by atoms with E-state index in [1.54, 1.807) is 0 Å². The van der Waals surface area contributed by atoms with Crippen LogP contribution in [0.1, 0.15) is 53.0 Å². The summed E-state index contributed by atoms with van der Waals surface area (Å²) in [6.45, 7) is 13.0. The highest BCUT2D eigenvalue weighted by atomic mass is 35.5. The molecule has 0 spiro atoms. The summed E-state index contributed by atoms with van der Waals surface area (Å²) in [5.41, 5.74) is 2.58. The van der Waals surface area contributed by atoms with Crippen molar-refractivity contribution in [3.8, 4) is 0 Å². The maximum absolute atomic E-state index is 6.56. The van der Waals surface area contributed by atoms with E-state index < -0.39 is 0 Å². The third-order valence-corrected chi connectivity index (χ3v) is 4.00. The SMILES string of the molecule is CC(C)CN(c1ccc(CNC(C)(C)C)cc1Cl)C1CC1. The smallest absolute Gasteiger partial charge is 0.0642 e. The second-order valence-electron chi connectivity index (χ2n) is 7.67. The zero-order valence-corrected chi connectivity index (χ0v) is 14.8. The molecule has 0 saturated heterocycles. The summed E-state index contributed by atoms with van der Waals surface area (Å²) >= 11 is 6.56. The van der Waals surface area contributed by atoms with Gasteiger partial charge >= 0.3 is 0 Å². The fraction of sp³-hybridized carbons (Fsp3) is 0.667. The normalized spacial score (nSPS) is 15.6. The van der Waals surface area contributed by atoms with Gasteiger partial charge in [0.2, 0.25) is 0 Å². The lowest BCUT2D eigenvalue weighted by molar-refractivity contribution is 0.424. The van der Waals surface area contributed by atoms with Crippen molar-refractivity contribution in [1.82, 2.24) is 5.32 Å². The lowest BCUT2D eigenvalue weighted by Gasteiger charge is -2.28. The van der Waals surface area contributed by atoms with E-state index in [1.165, 1.54) is 24.1 Å². The first-order chi connectivity index (χ1) is 9.76. The lowest BCUT2D eigenvalue weighted by atomic mass is 10.1. The molecule has 0 unspecified atom stereocenters. The number of nitrogens with zero attached hydrogens (tertiary/aromatic N) is 1. The first-order valence-electron chi connectivity index (χ1n) is 8.06. The highest BCUT2D eigenvalue weighted by Gasteiger charge is 2.30. The van der Waals surface area contributed by atoms with Gasteiger partial charge in [0, 0.05) is 24.7 Å². The van der Waals surface area contributed by atoms with Crippen LogP contribution in [0.5, 0.6) is 0 Å². The second kappa shape index (κ2) is 6.58. The molecule has 1 aromatic carbocycles. The molecule has 1 fully saturated rings. The second-order valence-corrected chi connectivity index (χ2v) is 8.07. The van der Waals surface area contributed by atoms with Gasteiger partial charge in [-0.1, -0.05) is 31.5 Å². The molecule has 1 aliphatic rings. The van der Waals surface area contributed by atoms with Gasteiger partial charge in [0.15, 0.2) is 0 Å². The summed E-state index contributed by atoms with van der Waals surface area (Å²) in [5.74, 6) is 0.656. The molecular formula is C18H29ClN2. The summed E-state index contributed by atoms with van der Waals surface area (Å²) < 4.78 is 0. The van der Waals surface area contributed by atoms with E-state index in [4.69, 9.17) is 11.6 Å². The summed E-state index contributed by atoms with van der Waals surface area (Å²) in [7, 11) is 0. The summed E-state index contributed by atoms with van der Waals surface area (Å²) in [5, 5.41) is 4.39. The minimum atomic E-state index is 0.128. The predicted octanol–water partition coefficient (Wildman–Crippen LogP) is 4.85. The topological polar surface area (TPSA) is 15.3 Å². The zero-order chi connectivity index (χ0) is 15.6. The van der Waals surface area contributed by atoms with Crippen molar-refractivity contribution < 1.29 is 0 Å². The molecule has 0 amide bonds. The number of rotatable bonds is 6. The van der Waals surface area contributed by atoms with E-state index >= 15 is 0 Å². The summed E-state index contributed by atoms with van der Waals surface area (Å²) in [4.78, 5) is 2.49. The van der Waals surface area contributed by atoms with Crippen molar-refractivity contribution >= 4 is 17.3 Å². The van der Waals surface area contributed by atoms with Crippen LogP contribution in [-0.2, 0) is 6.54 Å². The molecule has 3 heteroatoms. The lowest BCUT2D eigenvalue weighted by Crippen LogP contribution is -2.35. The van der Waals surface area contributed by atoms with Gasteiger partial charge in [0.1, 0.15) is 0 Å². The molecule has 0 atom stereocenters. The third-order valence-electron chi connectivity index (χ3n) is 3.69. The Morgan fingerprint density at radius 3 is 2.43 bits per heavy atom. The average Bonchev–Trinajstić information content (AvgIpc) is 3.17. The van der Waals surface area contributed by atoms with Gasteiger partial charge in [-0.25, -0.2) is 0 Å². The predicted molar refractivity (Wildman–Crippen MR) is 93.3 cm³/mol. The Labute approximate surface area is 134 Å². The van der Waals surface area contributed by atoms with Crippen LogP contribution in [0.3, 0.4) is 0 Å². The van der Waals surface area contributed by atoms with Crippen LogP contribution in [0.15, 0.2) is 18.2 Å². The van der Waals surface area contributed by atoms with Gasteiger partial charge in [-0.3, -0.25) is 0 Å². The van der Waals surface area contributed by atoms with Gasteiger partial charge in [-0.05, 0) is 57.2 Å². The minimum Gasteiger partial charge on any atom is -0.367 e. The van der Waals surface area contributed by atoms with Crippen LogP contribution < -0.4 is 10.2 Å². The van der Waals surface area contributed by atoms with Crippen molar-refractivity contribution in [2.45, 2.75) is 65.6 Å². The highest BCUT2D eigenvalue weighted by molar-refractivity contribution is 6.33. The average molecular weight is 309 g/mol. The Kier molecular flexibility index (Phi) is 5.21. The molecule has 118 valence electrons. The van der Waals surface area contributed by atoms with E-state index in [0.717, 1.165) is 18.1 Å². The maximum Gasteiger partial charge on any atom is 0.0642 e. The number of hydrogen-bond acceptors (Lipinski definition) is 2. The van der Waals surface area contributed by atoms with Crippen molar-refractivity contribution in [3.05, 3.63) is 28.8 Å². The van der Waals surface area contributed by atoms with Gasteiger partial charge in [-0.2, -0.15) is 0 Å². The van der Waals surface area contributed by atoms with Gasteiger partial charge in [0.25, 0.3) is 0 Å². The Morgan fingerprint density at radius 1 is 1.29 bits per heavy atom. The molecule has 1 N–H and O–H groups in total. The quantitative estimate of drug-likeness (QED) is 0.808. The fourth-order valence-corrected chi connectivity index (χ4v) is 2.80. The van der Waals surface area contributed by atoms with E-state index in [0.29, 0.717) is 12.0 Å². The standard InChI is InChI=1S/C18H29ClN2/c1-13(2)12-21(15-7-8-15)17-9-6-14(10-16(17)19)11-20-18(3,4)5/h6,9-10,13,15,20H,7-8,11-12H2,1-5H3. The van der Waals surface area contributed by atoms with Crippen molar-refractivity contribution in [1.29, 1.82) is 0 Å². The number of nitrogens with one attached hydrogen (secondary N) is 1. The maximum atomic E-state index is 6.56. The largest absolute Gasteiger partial charge is 0.367 e. The van der Waals surface area contributed by atoms with Crippen LogP contribution in [0, 0.1) is 5.92 Å². The summed E-state index contributed by atoms with van der Waals surface area (Å²) in [6.07, 6.45) is 2.60. The van der Waals surface area contributed by atoms with Gasteiger partial charge in [0.05, 0.1) is 10.7 Å². The van der Waals surface area contributed by atoms with E-state index in [2.05, 4.69) is 63.0 Å². The molecule has 1 saturated carbocycles. The van der Waals surface area contributed by atoms with Crippen molar-refractivity contribution in [2.75, 3.05) is 11.4 Å². The van der Waals surface area contributed by atoms with Crippen LogP contribution in [0.2, 0.25) is 5.02 Å². The van der Waals surface area contributed by atoms with Crippen molar-refractivity contribution in [2.24, 2.45) is 5.92 Å². The molecular weight excluding hydrogens is 280 g/mol. The van der Waals surface area contributed by atoms with Crippen LogP contribution in [0.25, 0.3) is 0 Å². The summed E-state index contributed by atoms with van der Waals surface area (Å²) in [6, 6.07) is 7.22. The molecule has 0 heterocycles. The molecule has 2 nitrogen and oxygen atoms in total. The van der Waals surface area contributed by atoms with Gasteiger partial charge < -0.3 is 10.2 Å². The van der Waals surface area contributed by atoms with Crippen molar-refractivity contribution in [3.63, 3.8) is 0 Å². The monoisotopic (exact) mass is 308 g/mol. The molecule has 0 bridgehead atoms. The first-order valence-corrected chi connectivity index (χ1v) is 8.44. The number of benzene rings is 1. The van der Waals surface area contributed by atoms with E-state index in [-0.39, 0.29) is 5.54 Å². The number of hydrogen-bond donors (Lipinski definition) is 1. The molecule has 1 aliphatic carbocycles. The van der Waals surface area contributed by atoms with Gasteiger partial charge in [-0.15, -0.1) is 0 Å². The number of anilines is 1. The molecule has 1 aromatic rings.